The van der Waals surface area contributed by atoms with Crippen LogP contribution in [0.3, 0.4) is 0 Å². The molecule has 2 rings (SSSR count). The van der Waals surface area contributed by atoms with Crippen LogP contribution in [-0.2, 0) is 4.79 Å². The van der Waals surface area contributed by atoms with E-state index in [2.05, 4.69) is 5.32 Å². The molecule has 1 amide bonds. The number of aliphatic hydroxyl groups excluding tert-OH is 1. The number of nitrogens with one attached hydrogen (secondary N) is 1. The normalized spacial score (nSPS) is 35.7. The smallest absolute Gasteiger partial charge is 0.233 e. The Morgan fingerprint density at radius 2 is 1.88 bits per heavy atom. The Morgan fingerprint density at radius 3 is 2.50 bits per heavy atom. The molecule has 16 heavy (non-hydrogen) atoms. The zero-order valence-electron chi connectivity index (χ0n) is 9.65. The molecule has 0 aromatic rings. The van der Waals surface area contributed by atoms with Gasteiger partial charge in [-0.05, 0) is 44.3 Å². The molecule has 1 aliphatic heterocycles. The van der Waals surface area contributed by atoms with E-state index in [1.165, 1.54) is 12.8 Å². The number of rotatable bonds is 2. The van der Waals surface area contributed by atoms with E-state index in [4.69, 9.17) is 0 Å². The van der Waals surface area contributed by atoms with Gasteiger partial charge in [0.05, 0.1) is 11.4 Å². The van der Waals surface area contributed by atoms with Crippen LogP contribution >= 0.6 is 11.8 Å². The molecule has 2 fully saturated rings. The van der Waals surface area contributed by atoms with Gasteiger partial charge in [0.25, 0.3) is 0 Å². The highest BCUT2D eigenvalue weighted by Crippen LogP contribution is 2.26. The summed E-state index contributed by atoms with van der Waals surface area (Å²) >= 11 is 1.80. The maximum Gasteiger partial charge on any atom is 0.233 e. The zero-order valence-corrected chi connectivity index (χ0v) is 10.5. The SMILES string of the molecule is O=C(NC1CCC(O)CC1)C1CCCCS1. The average Bonchev–Trinajstić information content (AvgIpc) is 2.33. The van der Waals surface area contributed by atoms with E-state index < -0.39 is 0 Å². The first-order valence-electron chi connectivity index (χ1n) is 6.36. The summed E-state index contributed by atoms with van der Waals surface area (Å²) in [6, 6.07) is 0.304. The second-order valence-corrected chi connectivity index (χ2v) is 6.18. The van der Waals surface area contributed by atoms with Crippen LogP contribution in [0.1, 0.15) is 44.9 Å². The lowest BCUT2D eigenvalue weighted by Crippen LogP contribution is -2.43. The molecule has 2 N–H and O–H groups in total. The Bertz CT molecular complexity index is 233. The highest BCUT2D eigenvalue weighted by Gasteiger charge is 2.26. The molecular formula is C12H21NO2S. The lowest BCUT2D eigenvalue weighted by Gasteiger charge is -2.28. The molecule has 1 atom stereocenters. The van der Waals surface area contributed by atoms with Gasteiger partial charge in [-0.15, -0.1) is 11.8 Å². The molecule has 2 aliphatic rings. The minimum Gasteiger partial charge on any atom is -0.393 e. The van der Waals surface area contributed by atoms with Gasteiger partial charge in [0, 0.05) is 6.04 Å². The van der Waals surface area contributed by atoms with Crippen molar-refractivity contribution in [3.8, 4) is 0 Å². The summed E-state index contributed by atoms with van der Waals surface area (Å²) in [6.07, 6.45) is 6.88. The van der Waals surface area contributed by atoms with Crippen LogP contribution in [-0.4, -0.2) is 34.2 Å². The van der Waals surface area contributed by atoms with Gasteiger partial charge in [0.2, 0.25) is 5.91 Å². The van der Waals surface area contributed by atoms with Crippen molar-refractivity contribution in [3.63, 3.8) is 0 Å². The number of thioether (sulfide) groups is 1. The fraction of sp³-hybridized carbons (Fsp3) is 0.917. The molecule has 1 unspecified atom stereocenters. The minimum absolute atomic E-state index is 0.141. The van der Waals surface area contributed by atoms with E-state index in [0.29, 0.717) is 6.04 Å². The van der Waals surface area contributed by atoms with Crippen molar-refractivity contribution >= 4 is 17.7 Å². The Morgan fingerprint density at radius 1 is 1.12 bits per heavy atom. The average molecular weight is 243 g/mol. The van der Waals surface area contributed by atoms with Crippen molar-refractivity contribution in [1.82, 2.24) is 5.32 Å². The van der Waals surface area contributed by atoms with Gasteiger partial charge in [0.15, 0.2) is 0 Å². The number of hydrogen-bond acceptors (Lipinski definition) is 3. The predicted molar refractivity (Wildman–Crippen MR) is 66.5 cm³/mol. The second kappa shape index (κ2) is 5.92. The molecule has 0 radical (unpaired) electrons. The third kappa shape index (κ3) is 3.39. The van der Waals surface area contributed by atoms with Crippen molar-refractivity contribution in [1.29, 1.82) is 0 Å². The predicted octanol–water partition coefficient (Wildman–Crippen LogP) is 1.69. The minimum atomic E-state index is -0.141. The molecular weight excluding hydrogens is 222 g/mol. The van der Waals surface area contributed by atoms with E-state index in [1.807, 2.05) is 0 Å². The molecule has 4 heteroatoms. The fourth-order valence-corrected chi connectivity index (χ4v) is 3.67. The first kappa shape index (κ1) is 12.2. The number of aliphatic hydroxyl groups is 1. The number of carbonyl (C=O) groups excluding carboxylic acids is 1. The van der Waals surface area contributed by atoms with Crippen molar-refractivity contribution in [2.24, 2.45) is 0 Å². The zero-order chi connectivity index (χ0) is 11.4. The monoisotopic (exact) mass is 243 g/mol. The Hall–Kier alpha value is -0.220. The lowest BCUT2D eigenvalue weighted by atomic mass is 9.93. The van der Waals surface area contributed by atoms with Crippen molar-refractivity contribution < 1.29 is 9.90 Å². The van der Waals surface area contributed by atoms with Crippen LogP contribution in [0.5, 0.6) is 0 Å². The summed E-state index contributed by atoms with van der Waals surface area (Å²) in [5.41, 5.74) is 0. The topological polar surface area (TPSA) is 49.3 Å². The van der Waals surface area contributed by atoms with Crippen molar-refractivity contribution in [2.45, 2.75) is 62.3 Å². The van der Waals surface area contributed by atoms with Crippen LogP contribution in [0.4, 0.5) is 0 Å². The summed E-state index contributed by atoms with van der Waals surface area (Å²) in [7, 11) is 0. The molecule has 1 saturated carbocycles. The fourth-order valence-electron chi connectivity index (χ4n) is 2.46. The Labute approximate surface area is 101 Å². The quantitative estimate of drug-likeness (QED) is 0.776. The molecule has 1 heterocycles. The largest absolute Gasteiger partial charge is 0.393 e. The van der Waals surface area contributed by atoms with Gasteiger partial charge in [-0.2, -0.15) is 0 Å². The summed E-state index contributed by atoms with van der Waals surface area (Å²) in [6.45, 7) is 0. The standard InChI is InChI=1S/C12H21NO2S/c14-10-6-4-9(5-7-10)13-12(15)11-3-1-2-8-16-11/h9-11,14H,1-8H2,(H,13,15). The molecule has 1 aliphatic carbocycles. The highest BCUT2D eigenvalue weighted by atomic mass is 32.2. The van der Waals surface area contributed by atoms with Crippen molar-refractivity contribution in [2.75, 3.05) is 5.75 Å². The molecule has 0 aromatic heterocycles. The molecule has 92 valence electrons. The second-order valence-electron chi connectivity index (χ2n) is 4.87. The van der Waals surface area contributed by atoms with E-state index >= 15 is 0 Å². The van der Waals surface area contributed by atoms with Gasteiger partial charge in [-0.25, -0.2) is 0 Å². The highest BCUT2D eigenvalue weighted by molar-refractivity contribution is 8.00. The van der Waals surface area contributed by atoms with Crippen LogP contribution in [0.15, 0.2) is 0 Å². The van der Waals surface area contributed by atoms with Gasteiger partial charge in [-0.1, -0.05) is 6.42 Å². The van der Waals surface area contributed by atoms with Crippen LogP contribution < -0.4 is 5.32 Å². The summed E-state index contributed by atoms with van der Waals surface area (Å²) in [5, 5.41) is 12.7. The van der Waals surface area contributed by atoms with Crippen molar-refractivity contribution in [3.05, 3.63) is 0 Å². The van der Waals surface area contributed by atoms with Gasteiger partial charge >= 0.3 is 0 Å². The maximum absolute atomic E-state index is 12.0. The van der Waals surface area contributed by atoms with Gasteiger partial charge < -0.3 is 10.4 Å². The van der Waals surface area contributed by atoms with Gasteiger partial charge in [-0.3, -0.25) is 4.79 Å². The Kier molecular flexibility index (Phi) is 4.53. The molecule has 0 bridgehead atoms. The maximum atomic E-state index is 12.0. The first-order valence-corrected chi connectivity index (χ1v) is 7.40. The summed E-state index contributed by atoms with van der Waals surface area (Å²) in [5.74, 6) is 1.35. The van der Waals surface area contributed by atoms with E-state index in [1.54, 1.807) is 11.8 Å². The van der Waals surface area contributed by atoms with E-state index in [-0.39, 0.29) is 17.3 Å². The Balaban J connectivity index is 1.73. The molecule has 3 nitrogen and oxygen atoms in total. The molecule has 0 aromatic carbocycles. The summed E-state index contributed by atoms with van der Waals surface area (Å²) < 4.78 is 0. The van der Waals surface area contributed by atoms with E-state index in [0.717, 1.165) is 37.9 Å². The van der Waals surface area contributed by atoms with Crippen LogP contribution in [0, 0.1) is 0 Å². The third-order valence-electron chi connectivity index (χ3n) is 3.52. The lowest BCUT2D eigenvalue weighted by molar-refractivity contribution is -0.121. The molecule has 1 saturated heterocycles. The third-order valence-corrected chi connectivity index (χ3v) is 4.89. The number of carbonyl (C=O) groups is 1. The van der Waals surface area contributed by atoms with Gasteiger partial charge in [0.1, 0.15) is 0 Å². The van der Waals surface area contributed by atoms with Crippen LogP contribution in [0.2, 0.25) is 0 Å². The van der Waals surface area contributed by atoms with Crippen LogP contribution in [0.25, 0.3) is 0 Å². The number of hydrogen-bond donors (Lipinski definition) is 2. The van der Waals surface area contributed by atoms with E-state index in [9.17, 15) is 9.90 Å². The first-order chi connectivity index (χ1) is 7.75. The summed E-state index contributed by atoms with van der Waals surface area (Å²) in [4.78, 5) is 12.0. The number of amides is 1. The molecule has 0 spiro atoms.